The number of nitrogens with one attached hydrogen (secondary N) is 1. The van der Waals surface area contributed by atoms with Gasteiger partial charge in [0.05, 0.1) is 0 Å². The highest BCUT2D eigenvalue weighted by Gasteiger charge is 2.15. The largest absolute Gasteiger partial charge is 0.366 e. The van der Waals surface area contributed by atoms with Gasteiger partial charge in [-0.25, -0.2) is 0 Å². The van der Waals surface area contributed by atoms with E-state index in [1.165, 1.54) is 37.7 Å². The molecule has 1 fully saturated rings. The minimum absolute atomic E-state index is 0.364. The lowest BCUT2D eigenvalue weighted by atomic mass is 10.0. The molecule has 1 aromatic rings. The first kappa shape index (κ1) is 14.1. The molecule has 19 heavy (non-hydrogen) atoms. The van der Waals surface area contributed by atoms with Gasteiger partial charge in [0.1, 0.15) is 0 Å². The van der Waals surface area contributed by atoms with Crippen molar-refractivity contribution in [2.45, 2.75) is 51.6 Å². The van der Waals surface area contributed by atoms with Gasteiger partial charge in [-0.1, -0.05) is 31.9 Å². The van der Waals surface area contributed by atoms with Crippen LogP contribution in [0.5, 0.6) is 0 Å². The Morgan fingerprint density at radius 2 is 1.95 bits per heavy atom. The molecule has 1 aliphatic rings. The van der Waals surface area contributed by atoms with Crippen LogP contribution in [0.4, 0.5) is 0 Å². The molecular weight excluding hydrogens is 236 g/mol. The third-order valence-electron chi connectivity index (χ3n) is 4.09. The monoisotopic (exact) mass is 260 g/mol. The second-order valence-corrected chi connectivity index (χ2v) is 5.75. The van der Waals surface area contributed by atoms with Gasteiger partial charge < -0.3 is 11.1 Å². The molecule has 1 amide bonds. The predicted octanol–water partition coefficient (Wildman–Crippen LogP) is 2.84. The van der Waals surface area contributed by atoms with E-state index in [1.807, 2.05) is 12.1 Å². The summed E-state index contributed by atoms with van der Waals surface area (Å²) in [7, 11) is 0. The quantitative estimate of drug-likeness (QED) is 0.818. The van der Waals surface area contributed by atoms with Gasteiger partial charge in [-0.15, -0.1) is 0 Å². The Bertz CT molecular complexity index is 413. The minimum Gasteiger partial charge on any atom is -0.366 e. The minimum atomic E-state index is -0.364. The van der Waals surface area contributed by atoms with Crippen molar-refractivity contribution in [3.8, 4) is 0 Å². The first-order valence-electron chi connectivity index (χ1n) is 7.27. The maximum Gasteiger partial charge on any atom is 0.248 e. The molecule has 0 heterocycles. The zero-order valence-corrected chi connectivity index (χ0v) is 11.7. The Morgan fingerprint density at radius 1 is 1.21 bits per heavy atom. The molecule has 1 saturated carbocycles. The van der Waals surface area contributed by atoms with Crippen molar-refractivity contribution >= 4 is 5.91 Å². The molecule has 2 rings (SSSR count). The Balaban J connectivity index is 1.83. The Kier molecular flexibility index (Phi) is 4.97. The van der Waals surface area contributed by atoms with Crippen LogP contribution in [-0.4, -0.2) is 11.9 Å². The summed E-state index contributed by atoms with van der Waals surface area (Å²) < 4.78 is 0. The molecule has 2 atom stereocenters. The lowest BCUT2D eigenvalue weighted by Crippen LogP contribution is -2.28. The predicted molar refractivity (Wildman–Crippen MR) is 77.8 cm³/mol. The van der Waals surface area contributed by atoms with Gasteiger partial charge >= 0.3 is 0 Å². The lowest BCUT2D eigenvalue weighted by molar-refractivity contribution is 0.100. The van der Waals surface area contributed by atoms with E-state index < -0.39 is 0 Å². The number of carbonyl (C=O) groups is 1. The van der Waals surface area contributed by atoms with E-state index in [4.69, 9.17) is 5.73 Å². The van der Waals surface area contributed by atoms with Crippen molar-refractivity contribution in [3.63, 3.8) is 0 Å². The highest BCUT2D eigenvalue weighted by atomic mass is 16.1. The molecule has 3 N–H and O–H groups in total. The van der Waals surface area contributed by atoms with Crippen LogP contribution in [0.3, 0.4) is 0 Å². The van der Waals surface area contributed by atoms with Gasteiger partial charge in [0, 0.05) is 18.2 Å². The summed E-state index contributed by atoms with van der Waals surface area (Å²) in [5.41, 5.74) is 7.02. The maximum atomic E-state index is 11.0. The summed E-state index contributed by atoms with van der Waals surface area (Å²) >= 11 is 0. The summed E-state index contributed by atoms with van der Waals surface area (Å²) in [6.45, 7) is 3.23. The summed E-state index contributed by atoms with van der Waals surface area (Å²) in [5.74, 6) is 0.513. The van der Waals surface area contributed by atoms with Crippen molar-refractivity contribution in [3.05, 3.63) is 35.4 Å². The third-order valence-corrected chi connectivity index (χ3v) is 4.09. The van der Waals surface area contributed by atoms with Gasteiger partial charge in [-0.3, -0.25) is 4.79 Å². The molecule has 0 aliphatic heterocycles. The molecule has 3 nitrogen and oxygen atoms in total. The Labute approximate surface area is 115 Å². The number of hydrogen-bond donors (Lipinski definition) is 2. The van der Waals surface area contributed by atoms with Crippen molar-refractivity contribution in [2.24, 2.45) is 11.7 Å². The van der Waals surface area contributed by atoms with E-state index in [-0.39, 0.29) is 5.91 Å². The molecule has 0 bridgehead atoms. The number of rotatable bonds is 4. The number of nitrogens with two attached hydrogens (primary N) is 1. The van der Waals surface area contributed by atoms with Crippen LogP contribution < -0.4 is 11.1 Å². The normalized spacial score (nSPS) is 23.8. The number of primary amides is 1. The summed E-state index contributed by atoms with van der Waals surface area (Å²) in [6.07, 6.45) is 6.59. The summed E-state index contributed by atoms with van der Waals surface area (Å²) in [4.78, 5) is 11.0. The van der Waals surface area contributed by atoms with Gasteiger partial charge in [0.15, 0.2) is 0 Å². The van der Waals surface area contributed by atoms with E-state index >= 15 is 0 Å². The van der Waals surface area contributed by atoms with E-state index in [0.717, 1.165) is 12.5 Å². The lowest BCUT2D eigenvalue weighted by Gasteiger charge is -2.16. The van der Waals surface area contributed by atoms with Crippen molar-refractivity contribution in [1.82, 2.24) is 5.32 Å². The molecule has 1 aromatic carbocycles. The molecule has 3 heteroatoms. The number of hydrogen-bond acceptors (Lipinski definition) is 2. The molecule has 104 valence electrons. The second-order valence-electron chi connectivity index (χ2n) is 5.75. The second kappa shape index (κ2) is 6.71. The molecule has 0 spiro atoms. The van der Waals surface area contributed by atoms with Gasteiger partial charge in [0.25, 0.3) is 0 Å². The SMILES string of the molecule is CC1CCCC(NCc2ccc(C(N)=O)cc2)CC1. The van der Waals surface area contributed by atoms with Crippen molar-refractivity contribution < 1.29 is 4.79 Å². The third kappa shape index (κ3) is 4.35. The van der Waals surface area contributed by atoms with Crippen LogP contribution in [0, 0.1) is 5.92 Å². The van der Waals surface area contributed by atoms with E-state index in [0.29, 0.717) is 11.6 Å². The van der Waals surface area contributed by atoms with Crippen molar-refractivity contribution in [1.29, 1.82) is 0 Å². The molecule has 2 unspecified atom stereocenters. The maximum absolute atomic E-state index is 11.0. The number of benzene rings is 1. The standard InChI is InChI=1S/C16H24N2O/c1-12-3-2-4-15(10-5-12)18-11-13-6-8-14(9-7-13)16(17)19/h6-9,12,15,18H,2-5,10-11H2,1H3,(H2,17,19). The van der Waals surface area contributed by atoms with E-state index in [9.17, 15) is 4.79 Å². The zero-order chi connectivity index (χ0) is 13.7. The molecule has 0 saturated heterocycles. The zero-order valence-electron chi connectivity index (χ0n) is 11.7. The Hall–Kier alpha value is -1.35. The first-order chi connectivity index (χ1) is 9.15. The van der Waals surface area contributed by atoms with Crippen LogP contribution in [0.25, 0.3) is 0 Å². The van der Waals surface area contributed by atoms with Gasteiger partial charge in [0.2, 0.25) is 5.91 Å². The van der Waals surface area contributed by atoms with Crippen LogP contribution in [-0.2, 0) is 6.54 Å². The Morgan fingerprint density at radius 3 is 2.63 bits per heavy atom. The van der Waals surface area contributed by atoms with Crippen LogP contribution in [0.1, 0.15) is 54.9 Å². The topological polar surface area (TPSA) is 55.1 Å². The highest BCUT2D eigenvalue weighted by molar-refractivity contribution is 5.92. The van der Waals surface area contributed by atoms with E-state index in [2.05, 4.69) is 12.2 Å². The smallest absolute Gasteiger partial charge is 0.248 e. The van der Waals surface area contributed by atoms with Gasteiger partial charge in [-0.05, 0) is 42.9 Å². The van der Waals surface area contributed by atoms with Gasteiger partial charge in [-0.2, -0.15) is 0 Å². The molecule has 0 aromatic heterocycles. The van der Waals surface area contributed by atoms with Crippen LogP contribution >= 0.6 is 0 Å². The molecular formula is C16H24N2O. The number of amides is 1. The first-order valence-corrected chi connectivity index (χ1v) is 7.27. The van der Waals surface area contributed by atoms with Crippen molar-refractivity contribution in [2.75, 3.05) is 0 Å². The van der Waals surface area contributed by atoms with Crippen LogP contribution in [0.15, 0.2) is 24.3 Å². The molecule has 0 radical (unpaired) electrons. The summed E-state index contributed by atoms with van der Waals surface area (Å²) in [5, 5.41) is 3.63. The highest BCUT2D eigenvalue weighted by Crippen LogP contribution is 2.22. The fourth-order valence-corrected chi connectivity index (χ4v) is 2.74. The molecule has 1 aliphatic carbocycles. The van der Waals surface area contributed by atoms with Crippen LogP contribution in [0.2, 0.25) is 0 Å². The average Bonchev–Trinajstić information content (AvgIpc) is 2.61. The summed E-state index contributed by atoms with van der Waals surface area (Å²) in [6, 6.07) is 8.20. The fourth-order valence-electron chi connectivity index (χ4n) is 2.74. The number of carbonyl (C=O) groups excluding carboxylic acids is 1. The average molecular weight is 260 g/mol. The van der Waals surface area contributed by atoms with E-state index in [1.54, 1.807) is 12.1 Å². The fraction of sp³-hybridized carbons (Fsp3) is 0.562.